The first-order valence-electron chi connectivity index (χ1n) is 4.40. The van der Waals surface area contributed by atoms with E-state index in [0.717, 1.165) is 23.6 Å². The number of nitrogens with one attached hydrogen (secondary N) is 1. The van der Waals surface area contributed by atoms with Gasteiger partial charge in [-0.3, -0.25) is 0 Å². The summed E-state index contributed by atoms with van der Waals surface area (Å²) in [6, 6.07) is 4.12. The van der Waals surface area contributed by atoms with Gasteiger partial charge < -0.3 is 5.32 Å². The molecular formula is C10H12ClNS. The van der Waals surface area contributed by atoms with Crippen molar-refractivity contribution in [2.45, 2.75) is 18.6 Å². The molecule has 0 bridgehead atoms. The molecule has 1 N–H and O–H groups in total. The van der Waals surface area contributed by atoms with Crippen LogP contribution in [0.15, 0.2) is 12.1 Å². The summed E-state index contributed by atoms with van der Waals surface area (Å²) in [5.41, 5.74) is 3.54. The Kier molecular flexibility index (Phi) is 2.43. The molecule has 1 nitrogen and oxygen atoms in total. The fraction of sp³-hybridized carbons (Fsp3) is 0.400. The molecule has 0 amide bonds. The van der Waals surface area contributed by atoms with Crippen LogP contribution in [-0.4, -0.2) is 6.54 Å². The third kappa shape index (κ3) is 1.65. The summed E-state index contributed by atoms with van der Waals surface area (Å²) in [6.45, 7) is 3.02. The minimum Gasteiger partial charge on any atom is -0.385 e. The van der Waals surface area contributed by atoms with E-state index in [4.69, 9.17) is 11.6 Å². The number of halogens is 1. The molecule has 1 aromatic carbocycles. The zero-order valence-electron chi connectivity index (χ0n) is 7.47. The highest BCUT2D eigenvalue weighted by atomic mass is 35.5. The van der Waals surface area contributed by atoms with Crippen molar-refractivity contribution < 1.29 is 0 Å². The van der Waals surface area contributed by atoms with Gasteiger partial charge in [-0.2, -0.15) is 12.6 Å². The lowest BCUT2D eigenvalue weighted by atomic mass is 10.0. The Balaban J connectivity index is 2.52. The van der Waals surface area contributed by atoms with Crippen molar-refractivity contribution in [1.82, 2.24) is 0 Å². The van der Waals surface area contributed by atoms with Gasteiger partial charge in [0.25, 0.3) is 0 Å². The zero-order valence-corrected chi connectivity index (χ0v) is 9.12. The van der Waals surface area contributed by atoms with Gasteiger partial charge in [0.1, 0.15) is 0 Å². The van der Waals surface area contributed by atoms with Crippen molar-refractivity contribution in [2.75, 3.05) is 11.9 Å². The van der Waals surface area contributed by atoms with Crippen molar-refractivity contribution in [1.29, 1.82) is 0 Å². The molecule has 0 saturated carbocycles. The predicted octanol–water partition coefficient (Wildman–Crippen LogP) is 3.43. The second kappa shape index (κ2) is 3.43. The highest BCUT2D eigenvalue weighted by molar-refractivity contribution is 7.80. The molecule has 3 heteroatoms. The van der Waals surface area contributed by atoms with E-state index in [-0.39, 0.29) is 0 Å². The summed E-state index contributed by atoms with van der Waals surface area (Å²) in [7, 11) is 0. The number of anilines is 1. The fourth-order valence-electron chi connectivity index (χ4n) is 1.62. The molecular weight excluding hydrogens is 202 g/mol. The van der Waals surface area contributed by atoms with Crippen LogP contribution >= 0.6 is 24.2 Å². The van der Waals surface area contributed by atoms with Gasteiger partial charge in [-0.25, -0.2) is 0 Å². The molecule has 0 saturated heterocycles. The maximum absolute atomic E-state index is 6.05. The van der Waals surface area contributed by atoms with E-state index in [1.165, 1.54) is 11.3 Å². The van der Waals surface area contributed by atoms with E-state index in [9.17, 15) is 0 Å². The van der Waals surface area contributed by atoms with E-state index in [1.807, 2.05) is 13.0 Å². The standard InChI is InChI=1S/C10H12ClNS/c1-6-4-9-7(5-8(6)11)10(13)2-3-12-9/h4-5,10,12-13H,2-3H2,1H3. The third-order valence-electron chi connectivity index (χ3n) is 2.42. The third-order valence-corrected chi connectivity index (χ3v) is 3.37. The van der Waals surface area contributed by atoms with Gasteiger partial charge in [0, 0.05) is 22.5 Å². The largest absolute Gasteiger partial charge is 0.385 e. The summed E-state index contributed by atoms with van der Waals surface area (Å²) in [5.74, 6) is 0. The highest BCUT2D eigenvalue weighted by Crippen LogP contribution is 2.36. The Morgan fingerprint density at radius 3 is 3.08 bits per heavy atom. The van der Waals surface area contributed by atoms with Crippen LogP contribution < -0.4 is 5.32 Å². The lowest BCUT2D eigenvalue weighted by Crippen LogP contribution is -2.13. The molecule has 1 unspecified atom stereocenters. The van der Waals surface area contributed by atoms with Crippen molar-refractivity contribution in [2.24, 2.45) is 0 Å². The number of fused-ring (bicyclic) bond motifs is 1. The van der Waals surface area contributed by atoms with Crippen LogP contribution in [0.4, 0.5) is 5.69 Å². The molecule has 13 heavy (non-hydrogen) atoms. The van der Waals surface area contributed by atoms with E-state index >= 15 is 0 Å². The number of aryl methyl sites for hydroxylation is 1. The minimum absolute atomic E-state index is 0.328. The molecule has 0 aliphatic carbocycles. The van der Waals surface area contributed by atoms with Crippen LogP contribution in [0, 0.1) is 6.92 Å². The predicted molar refractivity (Wildman–Crippen MR) is 61.0 cm³/mol. The first kappa shape index (κ1) is 9.22. The van der Waals surface area contributed by atoms with Gasteiger partial charge in [-0.15, -0.1) is 0 Å². The van der Waals surface area contributed by atoms with Crippen LogP contribution in [0.25, 0.3) is 0 Å². The molecule has 0 aromatic heterocycles. The van der Waals surface area contributed by atoms with Gasteiger partial charge in [0.2, 0.25) is 0 Å². The molecule has 1 aliphatic rings. The molecule has 0 fully saturated rings. The summed E-state index contributed by atoms with van der Waals surface area (Å²) in [5, 5.41) is 4.52. The molecule has 0 radical (unpaired) electrons. The molecule has 2 rings (SSSR count). The first-order valence-corrected chi connectivity index (χ1v) is 5.30. The minimum atomic E-state index is 0.328. The van der Waals surface area contributed by atoms with Crippen molar-refractivity contribution >= 4 is 29.9 Å². The molecule has 1 heterocycles. The monoisotopic (exact) mass is 213 g/mol. The second-order valence-electron chi connectivity index (χ2n) is 3.42. The van der Waals surface area contributed by atoms with E-state index in [0.29, 0.717) is 5.25 Å². The molecule has 1 aliphatic heterocycles. The Morgan fingerprint density at radius 1 is 1.54 bits per heavy atom. The second-order valence-corrected chi connectivity index (χ2v) is 4.45. The molecule has 1 atom stereocenters. The summed E-state index contributed by atoms with van der Waals surface area (Å²) in [4.78, 5) is 0. The van der Waals surface area contributed by atoms with Gasteiger partial charge in [0.15, 0.2) is 0 Å². The van der Waals surface area contributed by atoms with Gasteiger partial charge in [-0.05, 0) is 36.6 Å². The van der Waals surface area contributed by atoms with Crippen molar-refractivity contribution in [3.8, 4) is 0 Å². The SMILES string of the molecule is Cc1cc2c(cc1Cl)C(S)CCN2. The molecule has 70 valence electrons. The zero-order chi connectivity index (χ0) is 9.42. The van der Waals surface area contributed by atoms with Crippen LogP contribution in [0.2, 0.25) is 5.02 Å². The summed E-state index contributed by atoms with van der Waals surface area (Å²) < 4.78 is 0. The molecule has 0 spiro atoms. The van der Waals surface area contributed by atoms with E-state index in [2.05, 4.69) is 24.0 Å². The summed E-state index contributed by atoms with van der Waals surface area (Å²) in [6.07, 6.45) is 1.06. The quantitative estimate of drug-likeness (QED) is 0.630. The van der Waals surface area contributed by atoms with Crippen molar-refractivity contribution in [3.63, 3.8) is 0 Å². The number of benzene rings is 1. The first-order chi connectivity index (χ1) is 6.18. The van der Waals surface area contributed by atoms with Gasteiger partial charge >= 0.3 is 0 Å². The number of hydrogen-bond donors (Lipinski definition) is 2. The topological polar surface area (TPSA) is 12.0 Å². The normalized spacial score (nSPS) is 20.7. The Hall–Kier alpha value is -0.340. The lowest BCUT2D eigenvalue weighted by molar-refractivity contribution is 0.815. The molecule has 1 aromatic rings. The lowest BCUT2D eigenvalue weighted by Gasteiger charge is -2.24. The highest BCUT2D eigenvalue weighted by Gasteiger charge is 2.17. The maximum atomic E-state index is 6.05. The van der Waals surface area contributed by atoms with Gasteiger partial charge in [-0.1, -0.05) is 11.6 Å². The Labute approximate surface area is 88.9 Å². The number of hydrogen-bond acceptors (Lipinski definition) is 2. The Morgan fingerprint density at radius 2 is 2.31 bits per heavy atom. The summed E-state index contributed by atoms with van der Waals surface area (Å²) >= 11 is 10.6. The number of thiol groups is 1. The van der Waals surface area contributed by atoms with Crippen LogP contribution in [-0.2, 0) is 0 Å². The Bertz CT molecular complexity index is 338. The maximum Gasteiger partial charge on any atom is 0.0439 e. The smallest absolute Gasteiger partial charge is 0.0439 e. The average molecular weight is 214 g/mol. The van der Waals surface area contributed by atoms with Crippen molar-refractivity contribution in [3.05, 3.63) is 28.3 Å². The van der Waals surface area contributed by atoms with E-state index < -0.39 is 0 Å². The average Bonchev–Trinajstić information content (AvgIpc) is 2.09. The van der Waals surface area contributed by atoms with Crippen LogP contribution in [0.3, 0.4) is 0 Å². The van der Waals surface area contributed by atoms with Gasteiger partial charge in [0.05, 0.1) is 0 Å². The van der Waals surface area contributed by atoms with Crippen LogP contribution in [0.5, 0.6) is 0 Å². The van der Waals surface area contributed by atoms with Crippen LogP contribution in [0.1, 0.15) is 22.8 Å². The van der Waals surface area contributed by atoms with E-state index in [1.54, 1.807) is 0 Å². The number of rotatable bonds is 0. The fourth-order valence-corrected chi connectivity index (χ4v) is 2.14.